The Bertz CT molecular complexity index is 797. The first-order valence-electron chi connectivity index (χ1n) is 9.76. The summed E-state index contributed by atoms with van der Waals surface area (Å²) in [6, 6.07) is 7.43. The zero-order chi connectivity index (χ0) is 19.4. The minimum Gasteiger partial charge on any atom is -0.465 e. The number of ketones is 1. The van der Waals surface area contributed by atoms with Crippen LogP contribution in [0, 0.1) is 5.92 Å². The molecule has 5 heteroatoms. The zero-order valence-corrected chi connectivity index (χ0v) is 16.7. The molecule has 0 N–H and O–H groups in total. The first kappa shape index (κ1) is 19.8. The van der Waals surface area contributed by atoms with E-state index in [0.717, 1.165) is 43.4 Å². The van der Waals surface area contributed by atoms with Crippen molar-refractivity contribution in [1.29, 1.82) is 0 Å². The van der Waals surface area contributed by atoms with E-state index in [0.29, 0.717) is 29.3 Å². The minimum atomic E-state index is -0.578. The maximum Gasteiger partial charge on any atom is 0.315 e. The molecule has 0 amide bonds. The van der Waals surface area contributed by atoms with Gasteiger partial charge in [-0.05, 0) is 43.9 Å². The van der Waals surface area contributed by atoms with Gasteiger partial charge >= 0.3 is 5.97 Å². The molecule has 0 bridgehead atoms. The minimum absolute atomic E-state index is 0.0845. The van der Waals surface area contributed by atoms with Crippen LogP contribution in [0.15, 0.2) is 40.5 Å². The Morgan fingerprint density at radius 2 is 2.11 bits per heavy atom. The third-order valence-corrected chi connectivity index (χ3v) is 5.52. The fourth-order valence-electron chi connectivity index (χ4n) is 3.99. The number of nitrogens with zero attached hydrogens (tertiary/aromatic N) is 1. The number of rotatable bonds is 6. The Morgan fingerprint density at radius 1 is 1.30 bits per heavy atom. The number of benzene rings is 1. The summed E-state index contributed by atoms with van der Waals surface area (Å²) >= 11 is 6.21. The van der Waals surface area contributed by atoms with Crippen LogP contribution in [-0.4, -0.2) is 24.1 Å². The van der Waals surface area contributed by atoms with E-state index in [1.165, 1.54) is 0 Å². The van der Waals surface area contributed by atoms with Crippen LogP contribution in [-0.2, 0) is 14.3 Å². The van der Waals surface area contributed by atoms with E-state index >= 15 is 0 Å². The van der Waals surface area contributed by atoms with Crippen molar-refractivity contribution in [2.75, 3.05) is 6.61 Å². The number of hydrogen-bond acceptors (Lipinski definition) is 4. The molecule has 1 aliphatic carbocycles. The second-order valence-corrected chi connectivity index (χ2v) is 7.71. The molecular formula is C22H26ClNO3. The van der Waals surface area contributed by atoms with Crippen LogP contribution < -0.4 is 0 Å². The van der Waals surface area contributed by atoms with Crippen LogP contribution in [0.1, 0.15) is 63.9 Å². The largest absolute Gasteiger partial charge is 0.465 e. The molecular weight excluding hydrogens is 362 g/mol. The predicted molar refractivity (Wildman–Crippen MR) is 107 cm³/mol. The molecule has 144 valence electrons. The first-order valence-corrected chi connectivity index (χ1v) is 10.1. The topological polar surface area (TPSA) is 55.7 Å². The van der Waals surface area contributed by atoms with Gasteiger partial charge in [0.2, 0.25) is 0 Å². The predicted octanol–water partition coefficient (Wildman–Crippen LogP) is 5.25. The summed E-state index contributed by atoms with van der Waals surface area (Å²) in [6.45, 7) is 4.37. The van der Waals surface area contributed by atoms with Gasteiger partial charge in [0.05, 0.1) is 6.61 Å². The van der Waals surface area contributed by atoms with Crippen LogP contribution >= 0.6 is 11.6 Å². The summed E-state index contributed by atoms with van der Waals surface area (Å²) < 4.78 is 5.56. The van der Waals surface area contributed by atoms with E-state index in [1.54, 1.807) is 6.07 Å². The molecule has 0 saturated heterocycles. The van der Waals surface area contributed by atoms with Crippen molar-refractivity contribution in [2.45, 2.75) is 58.3 Å². The molecule has 1 heterocycles. The fraction of sp³-hybridized carbons (Fsp3) is 0.500. The monoisotopic (exact) mass is 387 g/mol. The number of carbonyl (C=O) groups is 2. The molecule has 27 heavy (non-hydrogen) atoms. The summed E-state index contributed by atoms with van der Waals surface area (Å²) in [5.41, 5.74) is 3.08. The Labute approximate surface area is 165 Å². The Hall–Kier alpha value is -1.94. The lowest BCUT2D eigenvalue weighted by Crippen LogP contribution is -2.37. The molecule has 1 unspecified atom stereocenters. The molecule has 2 atom stereocenters. The van der Waals surface area contributed by atoms with Crippen molar-refractivity contribution >= 4 is 29.1 Å². The van der Waals surface area contributed by atoms with Crippen LogP contribution in [0.4, 0.5) is 0 Å². The summed E-state index contributed by atoms with van der Waals surface area (Å²) in [5, 5.41) is 0.591. The van der Waals surface area contributed by atoms with Gasteiger partial charge in [0.1, 0.15) is 5.92 Å². The number of halogens is 1. The molecule has 1 aromatic rings. The second kappa shape index (κ2) is 8.83. The smallest absolute Gasteiger partial charge is 0.315 e. The summed E-state index contributed by atoms with van der Waals surface area (Å²) in [5.74, 6) is -1.17. The van der Waals surface area contributed by atoms with Gasteiger partial charge in [0.25, 0.3) is 0 Å². The van der Waals surface area contributed by atoms with Gasteiger partial charge in [-0.1, -0.05) is 43.5 Å². The molecule has 1 aromatic carbocycles. The van der Waals surface area contributed by atoms with Gasteiger partial charge in [-0.2, -0.15) is 0 Å². The van der Waals surface area contributed by atoms with Crippen LogP contribution in [0.25, 0.3) is 0 Å². The van der Waals surface area contributed by atoms with Gasteiger partial charge in [-0.3, -0.25) is 14.6 Å². The van der Waals surface area contributed by atoms with Crippen molar-refractivity contribution in [2.24, 2.45) is 10.9 Å². The molecule has 0 radical (unpaired) electrons. The van der Waals surface area contributed by atoms with Crippen LogP contribution in [0.3, 0.4) is 0 Å². The number of Topliss-reactive ketones (excluding diaryl/α,β-unsaturated/α-hetero) is 1. The number of carbonyl (C=O) groups excluding carboxylic acids is 2. The highest BCUT2D eigenvalue weighted by molar-refractivity contribution is 6.30. The molecule has 3 rings (SSSR count). The molecule has 0 saturated carbocycles. The highest BCUT2D eigenvalue weighted by atomic mass is 35.5. The van der Waals surface area contributed by atoms with E-state index in [4.69, 9.17) is 16.3 Å². The Kier molecular flexibility index (Phi) is 6.48. The first-order chi connectivity index (χ1) is 13.0. The lowest BCUT2D eigenvalue weighted by atomic mass is 9.72. The summed E-state index contributed by atoms with van der Waals surface area (Å²) in [6.07, 6.45) is 5.02. The van der Waals surface area contributed by atoms with E-state index in [1.807, 2.05) is 25.1 Å². The Balaban J connectivity index is 1.98. The number of esters is 1. The van der Waals surface area contributed by atoms with Crippen molar-refractivity contribution < 1.29 is 14.3 Å². The van der Waals surface area contributed by atoms with Gasteiger partial charge < -0.3 is 4.74 Å². The van der Waals surface area contributed by atoms with E-state index in [9.17, 15) is 9.59 Å². The van der Waals surface area contributed by atoms with Crippen molar-refractivity contribution in [3.63, 3.8) is 0 Å². The van der Waals surface area contributed by atoms with Crippen molar-refractivity contribution in [3.05, 3.63) is 46.1 Å². The third-order valence-electron chi connectivity index (χ3n) is 5.29. The summed E-state index contributed by atoms with van der Waals surface area (Å²) in [7, 11) is 0. The number of hydrogen-bond donors (Lipinski definition) is 0. The Morgan fingerprint density at radius 3 is 2.85 bits per heavy atom. The number of aliphatic imine (C=N–C) groups is 1. The number of ether oxygens (including phenoxy) is 1. The normalized spacial score (nSPS) is 22.3. The molecule has 4 nitrogen and oxygen atoms in total. The highest BCUT2D eigenvalue weighted by Crippen LogP contribution is 2.44. The van der Waals surface area contributed by atoms with Gasteiger partial charge in [-0.15, -0.1) is 0 Å². The van der Waals surface area contributed by atoms with Crippen LogP contribution in [0.5, 0.6) is 0 Å². The van der Waals surface area contributed by atoms with E-state index in [2.05, 4.69) is 11.9 Å². The average Bonchev–Trinajstić information content (AvgIpc) is 2.64. The van der Waals surface area contributed by atoms with Gasteiger partial charge in [0.15, 0.2) is 5.78 Å². The lowest BCUT2D eigenvalue weighted by molar-refractivity contribution is -0.146. The average molecular weight is 388 g/mol. The second-order valence-electron chi connectivity index (χ2n) is 7.28. The van der Waals surface area contributed by atoms with Crippen molar-refractivity contribution in [1.82, 2.24) is 0 Å². The van der Waals surface area contributed by atoms with Crippen molar-refractivity contribution in [3.8, 4) is 0 Å². The van der Waals surface area contributed by atoms with Crippen LogP contribution in [0.2, 0.25) is 5.02 Å². The van der Waals surface area contributed by atoms with Gasteiger partial charge in [0, 0.05) is 34.3 Å². The lowest BCUT2D eigenvalue weighted by Gasteiger charge is -2.34. The standard InChI is InChI=1S/C22H26ClNO3/c1-3-4-5-12-27-22(26)19-14(2)24-17-10-7-11-18(25)21(17)20(19)15-8-6-9-16(23)13-15/h6,8-9,13,19-20H,3-5,7,10-12H2,1-2H3/t19?,20-/m0/s1. The van der Waals surface area contributed by atoms with E-state index in [-0.39, 0.29) is 17.7 Å². The SMILES string of the molecule is CCCCCOC(=O)C1C(C)=NC2=C(C(=O)CCC2)[C@H]1c1cccc(Cl)c1. The molecule has 0 aromatic heterocycles. The molecule has 1 aliphatic heterocycles. The number of allylic oxidation sites excluding steroid dienone is 2. The zero-order valence-electron chi connectivity index (χ0n) is 16.0. The third kappa shape index (κ3) is 4.32. The molecule has 0 spiro atoms. The number of unbranched alkanes of at least 4 members (excludes halogenated alkanes) is 2. The highest BCUT2D eigenvalue weighted by Gasteiger charge is 2.43. The van der Waals surface area contributed by atoms with E-state index < -0.39 is 5.92 Å². The fourth-order valence-corrected chi connectivity index (χ4v) is 4.19. The molecule has 2 aliphatic rings. The summed E-state index contributed by atoms with van der Waals surface area (Å²) in [4.78, 5) is 30.4. The maximum absolute atomic E-state index is 13.0. The molecule has 0 fully saturated rings. The quantitative estimate of drug-likeness (QED) is 0.494. The van der Waals surface area contributed by atoms with Gasteiger partial charge in [-0.25, -0.2) is 0 Å². The maximum atomic E-state index is 13.0.